The first-order chi connectivity index (χ1) is 7.02. The molecule has 1 amide bonds. The molecule has 0 aliphatic carbocycles. The Morgan fingerprint density at radius 2 is 2.00 bits per heavy atom. The van der Waals surface area contributed by atoms with Gasteiger partial charge in [0.15, 0.2) is 0 Å². The Hall–Kier alpha value is -0.570. The van der Waals surface area contributed by atoms with Gasteiger partial charge in [-0.05, 0) is 31.2 Å². The van der Waals surface area contributed by atoms with Gasteiger partial charge in [0.05, 0.1) is 0 Å². The summed E-state index contributed by atoms with van der Waals surface area (Å²) in [6.45, 7) is 7.92. The van der Waals surface area contributed by atoms with Crippen LogP contribution in [0.1, 0.15) is 52.9 Å². The van der Waals surface area contributed by atoms with Crippen molar-refractivity contribution in [1.82, 2.24) is 5.32 Å². The second kappa shape index (κ2) is 7.69. The van der Waals surface area contributed by atoms with Gasteiger partial charge in [-0.1, -0.05) is 27.2 Å². The van der Waals surface area contributed by atoms with E-state index in [-0.39, 0.29) is 11.3 Å². The SMILES string of the molecule is CCCCC(=O)NCC(C)(C)CCCN. The fourth-order valence-corrected chi connectivity index (χ4v) is 1.43. The minimum Gasteiger partial charge on any atom is -0.356 e. The Kier molecular flexibility index (Phi) is 7.39. The minimum atomic E-state index is 0.168. The molecule has 0 bridgehead atoms. The number of carbonyl (C=O) groups excluding carboxylic acids is 1. The van der Waals surface area contributed by atoms with Crippen LogP contribution in [0.5, 0.6) is 0 Å². The van der Waals surface area contributed by atoms with Crippen molar-refractivity contribution in [3.63, 3.8) is 0 Å². The Bertz CT molecular complexity index is 178. The maximum Gasteiger partial charge on any atom is 0.220 e. The normalized spacial score (nSPS) is 11.5. The second-order valence-corrected chi connectivity index (χ2v) is 4.94. The van der Waals surface area contributed by atoms with Gasteiger partial charge in [0.1, 0.15) is 0 Å². The van der Waals surface area contributed by atoms with E-state index < -0.39 is 0 Å². The number of nitrogens with one attached hydrogen (secondary N) is 1. The Balaban J connectivity index is 3.67. The summed E-state index contributed by atoms with van der Waals surface area (Å²) in [5, 5.41) is 2.99. The molecule has 0 atom stereocenters. The van der Waals surface area contributed by atoms with E-state index in [1.807, 2.05) is 0 Å². The van der Waals surface area contributed by atoms with E-state index in [2.05, 4.69) is 26.1 Å². The molecule has 0 heterocycles. The summed E-state index contributed by atoms with van der Waals surface area (Å²) in [5.74, 6) is 0.178. The summed E-state index contributed by atoms with van der Waals surface area (Å²) in [5.41, 5.74) is 5.64. The molecular weight excluding hydrogens is 188 g/mol. The molecule has 3 nitrogen and oxygen atoms in total. The maximum absolute atomic E-state index is 11.4. The maximum atomic E-state index is 11.4. The third-order valence-electron chi connectivity index (χ3n) is 2.58. The Morgan fingerprint density at radius 1 is 1.33 bits per heavy atom. The lowest BCUT2D eigenvalue weighted by molar-refractivity contribution is -0.121. The predicted molar refractivity (Wildman–Crippen MR) is 64.6 cm³/mol. The first-order valence-electron chi connectivity index (χ1n) is 5.98. The lowest BCUT2D eigenvalue weighted by atomic mass is 9.87. The van der Waals surface area contributed by atoms with Crippen molar-refractivity contribution in [1.29, 1.82) is 0 Å². The number of hydrogen-bond acceptors (Lipinski definition) is 2. The van der Waals surface area contributed by atoms with Gasteiger partial charge in [-0.2, -0.15) is 0 Å². The third kappa shape index (κ3) is 8.43. The van der Waals surface area contributed by atoms with Gasteiger partial charge >= 0.3 is 0 Å². The smallest absolute Gasteiger partial charge is 0.220 e. The second-order valence-electron chi connectivity index (χ2n) is 4.94. The van der Waals surface area contributed by atoms with E-state index >= 15 is 0 Å². The van der Waals surface area contributed by atoms with Crippen LogP contribution in [0.4, 0.5) is 0 Å². The van der Waals surface area contributed by atoms with Gasteiger partial charge in [-0.25, -0.2) is 0 Å². The fourth-order valence-electron chi connectivity index (χ4n) is 1.43. The van der Waals surface area contributed by atoms with E-state index in [0.29, 0.717) is 6.42 Å². The Labute approximate surface area is 93.8 Å². The van der Waals surface area contributed by atoms with Crippen molar-refractivity contribution < 1.29 is 4.79 Å². The standard InChI is InChI=1S/C12H26N2O/c1-4-5-7-11(15)14-10-12(2,3)8-6-9-13/h4-10,13H2,1-3H3,(H,14,15). The van der Waals surface area contributed by atoms with Crippen LogP contribution in [0.3, 0.4) is 0 Å². The van der Waals surface area contributed by atoms with Crippen LogP contribution in [0.25, 0.3) is 0 Å². The van der Waals surface area contributed by atoms with Crippen LogP contribution in [0.15, 0.2) is 0 Å². The van der Waals surface area contributed by atoms with Crippen LogP contribution in [0, 0.1) is 5.41 Å². The van der Waals surface area contributed by atoms with Gasteiger partial charge in [0.2, 0.25) is 5.91 Å². The molecule has 3 N–H and O–H groups in total. The fraction of sp³-hybridized carbons (Fsp3) is 0.917. The summed E-state index contributed by atoms with van der Waals surface area (Å²) in [6.07, 6.45) is 4.80. The number of amides is 1. The molecule has 0 rings (SSSR count). The lowest BCUT2D eigenvalue weighted by Crippen LogP contribution is -2.34. The molecule has 0 radical (unpaired) electrons. The van der Waals surface area contributed by atoms with Gasteiger partial charge in [-0.3, -0.25) is 4.79 Å². The third-order valence-corrected chi connectivity index (χ3v) is 2.58. The molecule has 90 valence electrons. The summed E-state index contributed by atoms with van der Waals surface area (Å²) in [7, 11) is 0. The largest absolute Gasteiger partial charge is 0.356 e. The van der Waals surface area contributed by atoms with E-state index in [4.69, 9.17) is 5.73 Å². The highest BCUT2D eigenvalue weighted by Gasteiger charge is 2.17. The number of rotatable bonds is 8. The molecule has 0 fully saturated rings. The van der Waals surface area contributed by atoms with Gasteiger partial charge in [-0.15, -0.1) is 0 Å². The topological polar surface area (TPSA) is 55.1 Å². The lowest BCUT2D eigenvalue weighted by Gasteiger charge is -2.24. The molecule has 0 saturated heterocycles. The molecule has 0 saturated carbocycles. The summed E-state index contributed by atoms with van der Waals surface area (Å²) in [4.78, 5) is 11.4. The highest BCUT2D eigenvalue weighted by Crippen LogP contribution is 2.20. The first-order valence-corrected chi connectivity index (χ1v) is 5.98. The number of unbranched alkanes of at least 4 members (excludes halogenated alkanes) is 1. The number of carbonyl (C=O) groups is 1. The van der Waals surface area contributed by atoms with Crippen molar-refractivity contribution in [2.45, 2.75) is 52.9 Å². The van der Waals surface area contributed by atoms with E-state index in [1.165, 1.54) is 0 Å². The van der Waals surface area contributed by atoms with Gasteiger partial charge in [0.25, 0.3) is 0 Å². The van der Waals surface area contributed by atoms with Gasteiger partial charge in [0, 0.05) is 13.0 Å². The highest BCUT2D eigenvalue weighted by atomic mass is 16.1. The van der Waals surface area contributed by atoms with Crippen molar-refractivity contribution >= 4 is 5.91 Å². The molecule has 0 unspecified atom stereocenters. The van der Waals surface area contributed by atoms with Gasteiger partial charge < -0.3 is 11.1 Å². The van der Waals surface area contributed by atoms with Crippen molar-refractivity contribution in [2.24, 2.45) is 11.1 Å². The molecule has 0 aliphatic rings. The Morgan fingerprint density at radius 3 is 2.53 bits per heavy atom. The number of nitrogens with two attached hydrogens (primary N) is 1. The van der Waals surface area contributed by atoms with E-state index in [0.717, 1.165) is 38.8 Å². The van der Waals surface area contributed by atoms with Crippen LogP contribution in [-0.4, -0.2) is 19.0 Å². The average molecular weight is 214 g/mol. The predicted octanol–water partition coefficient (Wildman–Crippen LogP) is 2.06. The molecule has 0 aromatic rings. The average Bonchev–Trinajstić information content (AvgIpc) is 2.21. The van der Waals surface area contributed by atoms with Crippen molar-refractivity contribution in [3.05, 3.63) is 0 Å². The minimum absolute atomic E-state index is 0.168. The van der Waals surface area contributed by atoms with Crippen LogP contribution >= 0.6 is 0 Å². The van der Waals surface area contributed by atoms with Crippen LogP contribution in [0.2, 0.25) is 0 Å². The van der Waals surface area contributed by atoms with E-state index in [9.17, 15) is 4.79 Å². The zero-order valence-corrected chi connectivity index (χ0v) is 10.4. The quantitative estimate of drug-likeness (QED) is 0.650. The summed E-state index contributed by atoms with van der Waals surface area (Å²) < 4.78 is 0. The molecule has 0 aliphatic heterocycles. The zero-order valence-electron chi connectivity index (χ0n) is 10.4. The monoisotopic (exact) mass is 214 g/mol. The first kappa shape index (κ1) is 14.4. The summed E-state index contributed by atoms with van der Waals surface area (Å²) in [6, 6.07) is 0. The van der Waals surface area contributed by atoms with E-state index in [1.54, 1.807) is 0 Å². The molecule has 0 spiro atoms. The van der Waals surface area contributed by atoms with Crippen LogP contribution < -0.4 is 11.1 Å². The zero-order chi connectivity index (χ0) is 11.7. The number of hydrogen-bond donors (Lipinski definition) is 2. The highest BCUT2D eigenvalue weighted by molar-refractivity contribution is 5.75. The summed E-state index contributed by atoms with van der Waals surface area (Å²) >= 11 is 0. The molecule has 0 aromatic heterocycles. The van der Waals surface area contributed by atoms with Crippen LogP contribution in [-0.2, 0) is 4.79 Å². The van der Waals surface area contributed by atoms with Crippen molar-refractivity contribution in [2.75, 3.05) is 13.1 Å². The molecule has 15 heavy (non-hydrogen) atoms. The molecular formula is C12H26N2O. The molecule has 0 aromatic carbocycles. The molecule has 3 heteroatoms. The van der Waals surface area contributed by atoms with Crippen molar-refractivity contribution in [3.8, 4) is 0 Å².